The van der Waals surface area contributed by atoms with Crippen molar-refractivity contribution in [2.45, 2.75) is 19.9 Å². The van der Waals surface area contributed by atoms with Crippen molar-refractivity contribution < 1.29 is 9.53 Å². The number of carbonyl (C=O) groups excluding carboxylic acids is 1. The number of hydrogen-bond acceptors (Lipinski definition) is 4. The molecule has 1 saturated heterocycles. The second-order valence-corrected chi connectivity index (χ2v) is 4.34. The Balaban J connectivity index is 2.17. The Bertz CT molecular complexity index is 406. The van der Waals surface area contributed by atoms with Crippen LogP contribution in [0.5, 0.6) is 5.75 Å². The highest BCUT2D eigenvalue weighted by Crippen LogP contribution is 2.23. The first-order valence-electron chi connectivity index (χ1n) is 5.92. The van der Waals surface area contributed by atoms with Gasteiger partial charge in [0, 0.05) is 44.4 Å². The highest BCUT2D eigenvalue weighted by Gasteiger charge is 2.18. The first-order chi connectivity index (χ1) is 8.16. The zero-order valence-corrected chi connectivity index (χ0v) is 10.3. The molecule has 1 unspecified atom stereocenters. The van der Waals surface area contributed by atoms with Crippen LogP contribution in [0.3, 0.4) is 0 Å². The van der Waals surface area contributed by atoms with Crippen molar-refractivity contribution in [2.24, 2.45) is 0 Å². The first-order valence-corrected chi connectivity index (χ1v) is 5.92. The monoisotopic (exact) mass is 234 g/mol. The third-order valence-electron chi connectivity index (χ3n) is 2.91. The quantitative estimate of drug-likeness (QED) is 0.620. The van der Waals surface area contributed by atoms with Gasteiger partial charge in [-0.3, -0.25) is 4.79 Å². The molecule has 1 aromatic rings. The molecule has 0 aromatic heterocycles. The Morgan fingerprint density at radius 1 is 1.53 bits per heavy atom. The van der Waals surface area contributed by atoms with E-state index in [1.54, 1.807) is 6.07 Å². The van der Waals surface area contributed by atoms with E-state index in [2.05, 4.69) is 23.2 Å². The molecule has 1 atom stereocenters. The van der Waals surface area contributed by atoms with Gasteiger partial charge in [0.2, 0.25) is 0 Å². The molecule has 1 fully saturated rings. The summed E-state index contributed by atoms with van der Waals surface area (Å²) in [5.41, 5.74) is 1.11. The van der Waals surface area contributed by atoms with E-state index in [4.69, 9.17) is 4.74 Å². The molecule has 1 aromatic carbocycles. The molecule has 1 heterocycles. The summed E-state index contributed by atoms with van der Waals surface area (Å²) < 4.78 is 5.10. The van der Waals surface area contributed by atoms with E-state index in [1.165, 1.54) is 6.92 Å². The number of anilines is 1. The predicted molar refractivity (Wildman–Crippen MR) is 67.4 cm³/mol. The van der Waals surface area contributed by atoms with Crippen LogP contribution in [0.25, 0.3) is 0 Å². The average Bonchev–Trinajstić information content (AvgIpc) is 2.29. The maximum absolute atomic E-state index is 10.9. The lowest BCUT2D eigenvalue weighted by molar-refractivity contribution is -0.131. The molecular weight excluding hydrogens is 216 g/mol. The van der Waals surface area contributed by atoms with E-state index < -0.39 is 0 Å². The van der Waals surface area contributed by atoms with Crippen LogP contribution in [0.15, 0.2) is 24.3 Å². The minimum Gasteiger partial charge on any atom is -0.427 e. The van der Waals surface area contributed by atoms with Gasteiger partial charge in [-0.2, -0.15) is 0 Å². The zero-order chi connectivity index (χ0) is 12.3. The van der Waals surface area contributed by atoms with Gasteiger partial charge in [0.1, 0.15) is 5.75 Å². The van der Waals surface area contributed by atoms with E-state index in [1.807, 2.05) is 12.1 Å². The molecule has 2 rings (SSSR count). The van der Waals surface area contributed by atoms with Gasteiger partial charge in [-0.25, -0.2) is 0 Å². The second-order valence-electron chi connectivity index (χ2n) is 4.34. The van der Waals surface area contributed by atoms with Gasteiger partial charge in [0.15, 0.2) is 0 Å². The average molecular weight is 234 g/mol. The summed E-state index contributed by atoms with van der Waals surface area (Å²) in [6.45, 7) is 6.55. The van der Waals surface area contributed by atoms with Crippen LogP contribution in [-0.4, -0.2) is 31.6 Å². The number of benzene rings is 1. The van der Waals surface area contributed by atoms with Crippen LogP contribution in [0.2, 0.25) is 0 Å². The summed E-state index contributed by atoms with van der Waals surface area (Å²) in [5, 5.41) is 3.35. The topological polar surface area (TPSA) is 41.6 Å². The van der Waals surface area contributed by atoms with Crippen LogP contribution in [0.4, 0.5) is 5.69 Å². The molecule has 0 aliphatic carbocycles. The molecule has 1 aliphatic rings. The fourth-order valence-electron chi connectivity index (χ4n) is 2.12. The lowest BCUT2D eigenvalue weighted by Crippen LogP contribution is -2.49. The Labute approximate surface area is 102 Å². The van der Waals surface area contributed by atoms with Gasteiger partial charge in [-0.15, -0.1) is 0 Å². The van der Waals surface area contributed by atoms with Gasteiger partial charge in [0.05, 0.1) is 0 Å². The Morgan fingerprint density at radius 2 is 2.35 bits per heavy atom. The van der Waals surface area contributed by atoms with Gasteiger partial charge in [-0.1, -0.05) is 6.07 Å². The lowest BCUT2D eigenvalue weighted by atomic mass is 10.2. The zero-order valence-electron chi connectivity index (χ0n) is 10.3. The summed E-state index contributed by atoms with van der Waals surface area (Å²) >= 11 is 0. The number of ether oxygens (including phenoxy) is 1. The van der Waals surface area contributed by atoms with Crippen LogP contribution in [0, 0.1) is 0 Å². The Kier molecular flexibility index (Phi) is 3.64. The number of piperazine rings is 1. The summed E-state index contributed by atoms with van der Waals surface area (Å²) in [6.07, 6.45) is 0. The minimum atomic E-state index is -0.282. The van der Waals surface area contributed by atoms with Crippen molar-refractivity contribution in [1.82, 2.24) is 5.32 Å². The highest BCUT2D eigenvalue weighted by molar-refractivity contribution is 5.70. The Hall–Kier alpha value is -1.55. The number of rotatable bonds is 2. The molecule has 1 N–H and O–H groups in total. The predicted octanol–water partition coefficient (Wildman–Crippen LogP) is 1.41. The molecule has 1 aliphatic heterocycles. The van der Waals surface area contributed by atoms with Crippen molar-refractivity contribution in [2.75, 3.05) is 24.5 Å². The molecular formula is C13H18N2O2. The van der Waals surface area contributed by atoms with Crippen molar-refractivity contribution in [3.05, 3.63) is 24.3 Å². The normalized spacial score (nSPS) is 20.1. The maximum Gasteiger partial charge on any atom is 0.308 e. The highest BCUT2D eigenvalue weighted by atomic mass is 16.5. The Morgan fingerprint density at radius 3 is 3.06 bits per heavy atom. The SMILES string of the molecule is CC(=O)Oc1cccc(N2CCNCC2C)c1. The number of carbonyl (C=O) groups is 1. The molecule has 92 valence electrons. The fourth-order valence-corrected chi connectivity index (χ4v) is 2.12. The van der Waals surface area contributed by atoms with Crippen molar-refractivity contribution >= 4 is 11.7 Å². The molecule has 0 bridgehead atoms. The molecule has 0 saturated carbocycles. The van der Waals surface area contributed by atoms with Crippen LogP contribution < -0.4 is 15.0 Å². The standard InChI is InChI=1S/C13H18N2O2/c1-10-9-14-6-7-15(10)12-4-3-5-13(8-12)17-11(2)16/h3-5,8,10,14H,6-7,9H2,1-2H3. The number of esters is 1. The van der Waals surface area contributed by atoms with Crippen molar-refractivity contribution in [1.29, 1.82) is 0 Å². The largest absolute Gasteiger partial charge is 0.427 e. The summed E-state index contributed by atoms with van der Waals surface area (Å²) in [6, 6.07) is 8.15. The van der Waals surface area contributed by atoms with Crippen LogP contribution >= 0.6 is 0 Å². The van der Waals surface area contributed by atoms with E-state index in [0.717, 1.165) is 25.3 Å². The van der Waals surface area contributed by atoms with E-state index in [0.29, 0.717) is 11.8 Å². The van der Waals surface area contributed by atoms with Crippen LogP contribution in [0.1, 0.15) is 13.8 Å². The van der Waals surface area contributed by atoms with Gasteiger partial charge >= 0.3 is 5.97 Å². The molecule has 17 heavy (non-hydrogen) atoms. The van der Waals surface area contributed by atoms with Gasteiger partial charge in [0.25, 0.3) is 0 Å². The third kappa shape index (κ3) is 2.97. The minimum absolute atomic E-state index is 0.282. The third-order valence-corrected chi connectivity index (χ3v) is 2.91. The van der Waals surface area contributed by atoms with Gasteiger partial charge in [-0.05, 0) is 19.1 Å². The van der Waals surface area contributed by atoms with Crippen molar-refractivity contribution in [3.8, 4) is 5.75 Å². The van der Waals surface area contributed by atoms with E-state index >= 15 is 0 Å². The fraction of sp³-hybridized carbons (Fsp3) is 0.462. The number of hydrogen-bond donors (Lipinski definition) is 1. The lowest BCUT2D eigenvalue weighted by Gasteiger charge is -2.36. The smallest absolute Gasteiger partial charge is 0.308 e. The molecule has 0 spiro atoms. The first kappa shape index (κ1) is 11.9. The second kappa shape index (κ2) is 5.19. The molecule has 0 radical (unpaired) electrons. The molecule has 4 heteroatoms. The number of nitrogens with zero attached hydrogens (tertiary/aromatic N) is 1. The van der Waals surface area contributed by atoms with Gasteiger partial charge < -0.3 is 15.0 Å². The molecule has 0 amide bonds. The summed E-state index contributed by atoms with van der Waals surface area (Å²) in [7, 11) is 0. The maximum atomic E-state index is 10.9. The van der Waals surface area contributed by atoms with E-state index in [-0.39, 0.29) is 5.97 Å². The number of nitrogens with one attached hydrogen (secondary N) is 1. The van der Waals surface area contributed by atoms with Crippen LogP contribution in [-0.2, 0) is 4.79 Å². The summed E-state index contributed by atoms with van der Waals surface area (Å²) in [5.74, 6) is 0.330. The van der Waals surface area contributed by atoms with Crippen molar-refractivity contribution in [3.63, 3.8) is 0 Å². The summed E-state index contributed by atoms with van der Waals surface area (Å²) in [4.78, 5) is 13.2. The van der Waals surface area contributed by atoms with E-state index in [9.17, 15) is 4.79 Å². The molecule has 4 nitrogen and oxygen atoms in total.